The fourth-order valence-corrected chi connectivity index (χ4v) is 3.27. The average Bonchev–Trinajstić information content (AvgIpc) is 2.91. The molecule has 0 fully saturated rings. The zero-order chi connectivity index (χ0) is 14.7. The van der Waals surface area contributed by atoms with Gasteiger partial charge >= 0.3 is 0 Å². The van der Waals surface area contributed by atoms with Crippen LogP contribution in [-0.4, -0.2) is 12.6 Å². The summed E-state index contributed by atoms with van der Waals surface area (Å²) < 4.78 is 7.13. The number of ether oxygens (including phenoxy) is 1. The predicted molar refractivity (Wildman–Crippen MR) is 89.7 cm³/mol. The molecule has 0 radical (unpaired) electrons. The zero-order valence-corrected chi connectivity index (χ0v) is 13.8. The Labute approximate surface area is 134 Å². The van der Waals surface area contributed by atoms with E-state index in [4.69, 9.17) is 4.74 Å². The summed E-state index contributed by atoms with van der Waals surface area (Å²) in [6, 6.07) is 17.3. The van der Waals surface area contributed by atoms with Gasteiger partial charge < -0.3 is 10.1 Å². The van der Waals surface area contributed by atoms with E-state index in [9.17, 15) is 0 Å². The van der Waals surface area contributed by atoms with Crippen LogP contribution in [0.4, 0.5) is 0 Å². The molecule has 0 aliphatic carbocycles. The van der Waals surface area contributed by atoms with Crippen LogP contribution in [0.25, 0.3) is 0 Å². The maximum absolute atomic E-state index is 6.01. The summed E-state index contributed by atoms with van der Waals surface area (Å²) in [6.45, 7) is 3.09. The van der Waals surface area contributed by atoms with Crippen molar-refractivity contribution < 1.29 is 4.74 Å². The highest BCUT2D eigenvalue weighted by molar-refractivity contribution is 9.10. The number of halogens is 1. The maximum Gasteiger partial charge on any atom is 0.123 e. The first-order valence-corrected chi connectivity index (χ1v) is 8.29. The molecule has 0 amide bonds. The van der Waals surface area contributed by atoms with Crippen molar-refractivity contribution in [3.63, 3.8) is 0 Å². The monoisotopic (exact) mass is 345 g/mol. The van der Waals surface area contributed by atoms with E-state index in [0.29, 0.717) is 6.04 Å². The van der Waals surface area contributed by atoms with Gasteiger partial charge in [-0.3, -0.25) is 0 Å². The third kappa shape index (κ3) is 3.47. The van der Waals surface area contributed by atoms with Gasteiger partial charge in [0.1, 0.15) is 11.9 Å². The van der Waals surface area contributed by atoms with Crippen molar-refractivity contribution in [3.8, 4) is 5.75 Å². The highest BCUT2D eigenvalue weighted by Crippen LogP contribution is 2.31. The normalized spacial score (nSPS) is 18.1. The van der Waals surface area contributed by atoms with E-state index in [0.717, 1.165) is 29.6 Å². The molecule has 0 saturated heterocycles. The van der Waals surface area contributed by atoms with E-state index in [-0.39, 0.29) is 6.10 Å². The van der Waals surface area contributed by atoms with Crippen LogP contribution in [0.5, 0.6) is 5.75 Å². The van der Waals surface area contributed by atoms with Gasteiger partial charge in [-0.15, -0.1) is 0 Å². The van der Waals surface area contributed by atoms with Crippen LogP contribution in [0.3, 0.4) is 0 Å². The third-order valence-electron chi connectivity index (χ3n) is 3.97. The van der Waals surface area contributed by atoms with Crippen LogP contribution in [-0.2, 0) is 6.42 Å². The quantitative estimate of drug-likeness (QED) is 0.861. The number of hydrogen-bond acceptors (Lipinski definition) is 2. The molecule has 2 aromatic rings. The van der Waals surface area contributed by atoms with Gasteiger partial charge in [0.15, 0.2) is 0 Å². The second kappa shape index (κ2) is 6.63. The largest absolute Gasteiger partial charge is 0.488 e. The molecule has 0 aromatic heterocycles. The van der Waals surface area contributed by atoms with Gasteiger partial charge in [0.25, 0.3) is 0 Å². The van der Waals surface area contributed by atoms with Crippen LogP contribution in [0, 0.1) is 0 Å². The molecule has 2 atom stereocenters. The summed E-state index contributed by atoms with van der Waals surface area (Å²) in [7, 11) is 0. The molecular weight excluding hydrogens is 326 g/mol. The van der Waals surface area contributed by atoms with Gasteiger partial charge in [-0.1, -0.05) is 53.2 Å². The molecule has 21 heavy (non-hydrogen) atoms. The fourth-order valence-electron chi connectivity index (χ4n) is 2.86. The molecule has 1 N–H and O–H groups in total. The molecule has 1 heterocycles. The minimum Gasteiger partial charge on any atom is -0.488 e. The third-order valence-corrected chi connectivity index (χ3v) is 4.46. The maximum atomic E-state index is 6.01. The van der Waals surface area contributed by atoms with Gasteiger partial charge in [0.05, 0.1) is 0 Å². The minimum atomic E-state index is 0.229. The summed E-state index contributed by atoms with van der Waals surface area (Å²) in [5.41, 5.74) is 2.64. The number of hydrogen-bond donors (Lipinski definition) is 1. The lowest BCUT2D eigenvalue weighted by atomic mass is 10.0. The second-order valence-corrected chi connectivity index (χ2v) is 6.39. The molecule has 3 heteroatoms. The van der Waals surface area contributed by atoms with E-state index in [1.807, 2.05) is 12.1 Å². The van der Waals surface area contributed by atoms with E-state index in [1.54, 1.807) is 0 Å². The van der Waals surface area contributed by atoms with Crippen molar-refractivity contribution in [2.45, 2.75) is 31.9 Å². The molecule has 2 aromatic carbocycles. The Bertz CT molecular complexity index is 599. The van der Waals surface area contributed by atoms with Crippen LogP contribution < -0.4 is 10.1 Å². The fraction of sp³-hybridized carbons (Fsp3) is 0.333. The molecule has 2 nitrogen and oxygen atoms in total. The van der Waals surface area contributed by atoms with Crippen molar-refractivity contribution in [1.82, 2.24) is 5.32 Å². The molecule has 3 rings (SSSR count). The first kappa shape index (κ1) is 14.6. The molecule has 0 spiro atoms. The minimum absolute atomic E-state index is 0.229. The second-order valence-electron chi connectivity index (χ2n) is 5.48. The van der Waals surface area contributed by atoms with Crippen LogP contribution >= 0.6 is 15.9 Å². The van der Waals surface area contributed by atoms with Crippen LogP contribution in [0.2, 0.25) is 0 Å². The Morgan fingerprint density at radius 2 is 2.05 bits per heavy atom. The summed E-state index contributed by atoms with van der Waals surface area (Å²) in [4.78, 5) is 0. The lowest BCUT2D eigenvalue weighted by molar-refractivity contribution is 0.220. The average molecular weight is 346 g/mol. The lowest BCUT2D eigenvalue weighted by Gasteiger charge is -2.20. The number of benzene rings is 2. The molecule has 0 saturated carbocycles. The summed E-state index contributed by atoms with van der Waals surface area (Å²) in [6.07, 6.45) is 2.29. The van der Waals surface area contributed by atoms with Gasteiger partial charge in [-0.05, 0) is 35.7 Å². The van der Waals surface area contributed by atoms with Crippen LogP contribution in [0.15, 0.2) is 53.0 Å². The first-order valence-electron chi connectivity index (χ1n) is 7.49. The summed E-state index contributed by atoms with van der Waals surface area (Å²) in [5, 5.41) is 3.64. The van der Waals surface area contributed by atoms with E-state index in [1.165, 1.54) is 11.1 Å². The molecule has 2 unspecified atom stereocenters. The highest BCUT2D eigenvalue weighted by atomic mass is 79.9. The molecule has 1 aliphatic heterocycles. The smallest absolute Gasteiger partial charge is 0.123 e. The SMILES string of the molecule is CCC(NCC1Cc2cc(Br)ccc2O1)c1ccccc1. The Morgan fingerprint density at radius 3 is 2.81 bits per heavy atom. The van der Waals surface area contributed by atoms with Gasteiger partial charge in [0, 0.05) is 23.5 Å². The zero-order valence-electron chi connectivity index (χ0n) is 12.2. The molecular formula is C18H20BrNO. The number of nitrogens with one attached hydrogen (secondary N) is 1. The Balaban J connectivity index is 1.59. The molecule has 1 aliphatic rings. The standard InChI is InChI=1S/C18H20BrNO/c1-2-17(13-6-4-3-5-7-13)20-12-16-11-14-10-15(19)8-9-18(14)21-16/h3-10,16-17,20H,2,11-12H2,1H3. The lowest BCUT2D eigenvalue weighted by Crippen LogP contribution is -2.32. The Kier molecular flexibility index (Phi) is 4.61. The van der Waals surface area contributed by atoms with Crippen molar-refractivity contribution in [3.05, 3.63) is 64.1 Å². The highest BCUT2D eigenvalue weighted by Gasteiger charge is 2.23. The van der Waals surface area contributed by atoms with Gasteiger partial charge in [0.2, 0.25) is 0 Å². The van der Waals surface area contributed by atoms with E-state index >= 15 is 0 Å². The Morgan fingerprint density at radius 1 is 1.24 bits per heavy atom. The first-order chi connectivity index (χ1) is 10.3. The van der Waals surface area contributed by atoms with Crippen molar-refractivity contribution in [1.29, 1.82) is 0 Å². The van der Waals surface area contributed by atoms with Gasteiger partial charge in [-0.25, -0.2) is 0 Å². The molecule has 0 bridgehead atoms. The van der Waals surface area contributed by atoms with Crippen molar-refractivity contribution >= 4 is 15.9 Å². The van der Waals surface area contributed by atoms with Gasteiger partial charge in [-0.2, -0.15) is 0 Å². The Hall–Kier alpha value is -1.32. The van der Waals surface area contributed by atoms with Crippen molar-refractivity contribution in [2.24, 2.45) is 0 Å². The van der Waals surface area contributed by atoms with E-state index in [2.05, 4.69) is 64.6 Å². The van der Waals surface area contributed by atoms with Crippen molar-refractivity contribution in [2.75, 3.05) is 6.54 Å². The molecule has 110 valence electrons. The number of rotatable bonds is 5. The van der Waals surface area contributed by atoms with E-state index < -0.39 is 0 Å². The number of fused-ring (bicyclic) bond motifs is 1. The summed E-state index contributed by atoms with van der Waals surface area (Å²) >= 11 is 3.52. The summed E-state index contributed by atoms with van der Waals surface area (Å²) in [5.74, 6) is 1.03. The predicted octanol–water partition coefficient (Wildman–Crippen LogP) is 4.49. The van der Waals surface area contributed by atoms with Crippen LogP contribution in [0.1, 0.15) is 30.5 Å². The topological polar surface area (TPSA) is 21.3 Å².